The van der Waals surface area contributed by atoms with E-state index in [4.69, 9.17) is 4.74 Å². The van der Waals surface area contributed by atoms with E-state index in [0.717, 1.165) is 22.4 Å². The molecular formula is C22H19N3O3S. The van der Waals surface area contributed by atoms with Crippen molar-refractivity contribution in [2.24, 2.45) is 0 Å². The van der Waals surface area contributed by atoms with Crippen molar-refractivity contribution in [1.82, 2.24) is 9.55 Å². The van der Waals surface area contributed by atoms with Gasteiger partial charge in [-0.25, -0.2) is 4.98 Å². The lowest BCUT2D eigenvalue weighted by Crippen LogP contribution is -2.27. The number of benzene rings is 2. The minimum Gasteiger partial charge on any atom is -0.497 e. The van der Waals surface area contributed by atoms with Gasteiger partial charge in [0.2, 0.25) is 5.91 Å². The molecule has 0 unspecified atom stereocenters. The number of rotatable bonds is 5. The summed E-state index contributed by atoms with van der Waals surface area (Å²) in [5, 5.41) is 4.71. The summed E-state index contributed by atoms with van der Waals surface area (Å²) in [6, 6.07) is 15.1. The van der Waals surface area contributed by atoms with Gasteiger partial charge in [0, 0.05) is 16.6 Å². The normalized spacial score (nSPS) is 10.8. The number of aromatic nitrogens is 2. The second-order valence-corrected chi connectivity index (χ2v) is 7.53. The Morgan fingerprint density at radius 3 is 2.55 bits per heavy atom. The third kappa shape index (κ3) is 3.90. The standard InChI is InChI=1S/C22H19N3O3S/c1-14-3-7-16(8-4-14)24-19(26)11-25-13-23-20-18(12-29-21(20)22(25)27)15-5-9-17(28-2)10-6-15/h3-10,12-13H,11H2,1-2H3,(H,24,26). The minimum atomic E-state index is -0.274. The molecule has 4 rings (SSSR count). The number of hydrogen-bond acceptors (Lipinski definition) is 5. The summed E-state index contributed by atoms with van der Waals surface area (Å²) in [5.74, 6) is 0.493. The molecule has 0 radical (unpaired) electrons. The summed E-state index contributed by atoms with van der Waals surface area (Å²) in [6.45, 7) is 1.89. The smallest absolute Gasteiger partial charge is 0.271 e. The van der Waals surface area contributed by atoms with Crippen molar-refractivity contribution < 1.29 is 9.53 Å². The number of thiophene rings is 1. The van der Waals surface area contributed by atoms with Crippen molar-refractivity contribution in [3.63, 3.8) is 0 Å². The first-order valence-corrected chi connectivity index (χ1v) is 9.90. The predicted octanol–water partition coefficient (Wildman–Crippen LogP) is 4.08. The van der Waals surface area contributed by atoms with Crippen LogP contribution in [0.3, 0.4) is 0 Å². The highest BCUT2D eigenvalue weighted by Crippen LogP contribution is 2.31. The molecule has 2 aromatic carbocycles. The molecule has 7 heteroatoms. The number of hydrogen-bond donors (Lipinski definition) is 1. The highest BCUT2D eigenvalue weighted by atomic mass is 32.1. The van der Waals surface area contributed by atoms with Gasteiger partial charge in [-0.05, 0) is 36.8 Å². The number of nitrogens with zero attached hydrogens (tertiary/aromatic N) is 2. The van der Waals surface area contributed by atoms with E-state index < -0.39 is 0 Å². The van der Waals surface area contributed by atoms with Gasteiger partial charge in [-0.1, -0.05) is 29.8 Å². The van der Waals surface area contributed by atoms with E-state index in [1.807, 2.05) is 60.8 Å². The maximum absolute atomic E-state index is 12.8. The molecule has 0 bridgehead atoms. The maximum Gasteiger partial charge on any atom is 0.271 e. The van der Waals surface area contributed by atoms with Crippen molar-refractivity contribution in [1.29, 1.82) is 0 Å². The summed E-state index contributed by atoms with van der Waals surface area (Å²) in [6.07, 6.45) is 1.43. The fourth-order valence-corrected chi connectivity index (χ4v) is 4.00. The van der Waals surface area contributed by atoms with E-state index in [1.165, 1.54) is 22.2 Å². The molecule has 0 atom stereocenters. The van der Waals surface area contributed by atoms with Crippen LogP contribution in [0.1, 0.15) is 5.56 Å². The van der Waals surface area contributed by atoms with Gasteiger partial charge < -0.3 is 10.1 Å². The van der Waals surface area contributed by atoms with Gasteiger partial charge in [0.25, 0.3) is 5.56 Å². The zero-order valence-corrected chi connectivity index (χ0v) is 16.8. The van der Waals surface area contributed by atoms with Crippen LogP contribution >= 0.6 is 11.3 Å². The van der Waals surface area contributed by atoms with Gasteiger partial charge in [0.1, 0.15) is 17.0 Å². The molecule has 4 aromatic rings. The lowest BCUT2D eigenvalue weighted by Gasteiger charge is -2.08. The number of fused-ring (bicyclic) bond motifs is 1. The number of methoxy groups -OCH3 is 1. The number of ether oxygens (including phenoxy) is 1. The molecule has 0 aliphatic rings. The monoisotopic (exact) mass is 405 g/mol. The molecule has 2 aromatic heterocycles. The van der Waals surface area contributed by atoms with Crippen LogP contribution in [0.15, 0.2) is 65.0 Å². The molecule has 0 saturated carbocycles. The maximum atomic E-state index is 12.8. The third-order valence-electron chi connectivity index (χ3n) is 4.60. The van der Waals surface area contributed by atoms with Gasteiger partial charge in [0.05, 0.1) is 19.0 Å². The Kier molecular flexibility index (Phi) is 5.14. The average Bonchev–Trinajstić information content (AvgIpc) is 3.17. The fourth-order valence-electron chi connectivity index (χ4n) is 3.02. The van der Waals surface area contributed by atoms with Crippen LogP contribution in [0.4, 0.5) is 5.69 Å². The summed E-state index contributed by atoms with van der Waals surface area (Å²) < 4.78 is 7.05. The molecule has 0 spiro atoms. The van der Waals surface area contributed by atoms with E-state index in [1.54, 1.807) is 7.11 Å². The van der Waals surface area contributed by atoms with Crippen LogP contribution in [0.2, 0.25) is 0 Å². The third-order valence-corrected chi connectivity index (χ3v) is 5.55. The quantitative estimate of drug-likeness (QED) is 0.543. The van der Waals surface area contributed by atoms with E-state index >= 15 is 0 Å². The first-order chi connectivity index (χ1) is 14.0. The largest absolute Gasteiger partial charge is 0.497 e. The molecule has 0 saturated heterocycles. The molecule has 29 heavy (non-hydrogen) atoms. The van der Waals surface area contributed by atoms with Gasteiger partial charge >= 0.3 is 0 Å². The molecule has 6 nitrogen and oxygen atoms in total. The Hall–Kier alpha value is -3.45. The molecular weight excluding hydrogens is 386 g/mol. The van der Waals surface area contributed by atoms with Crippen LogP contribution in [-0.2, 0) is 11.3 Å². The van der Waals surface area contributed by atoms with E-state index in [-0.39, 0.29) is 18.0 Å². The van der Waals surface area contributed by atoms with Crippen molar-refractivity contribution >= 4 is 33.1 Å². The predicted molar refractivity (Wildman–Crippen MR) is 116 cm³/mol. The first kappa shape index (κ1) is 18.9. The lowest BCUT2D eigenvalue weighted by atomic mass is 10.1. The zero-order valence-electron chi connectivity index (χ0n) is 16.0. The summed E-state index contributed by atoms with van der Waals surface area (Å²) in [4.78, 5) is 29.6. The van der Waals surface area contributed by atoms with Crippen molar-refractivity contribution in [2.75, 3.05) is 12.4 Å². The Bertz CT molecular complexity index is 1230. The van der Waals surface area contributed by atoms with Crippen LogP contribution < -0.4 is 15.6 Å². The van der Waals surface area contributed by atoms with Crippen LogP contribution in [0.5, 0.6) is 5.75 Å². The molecule has 0 aliphatic carbocycles. The van der Waals surface area contributed by atoms with Gasteiger partial charge in [-0.3, -0.25) is 14.2 Å². The first-order valence-electron chi connectivity index (χ1n) is 9.03. The zero-order chi connectivity index (χ0) is 20.4. The number of nitrogens with one attached hydrogen (secondary N) is 1. The molecule has 0 fully saturated rings. The molecule has 1 N–H and O–H groups in total. The highest BCUT2D eigenvalue weighted by molar-refractivity contribution is 7.17. The van der Waals surface area contributed by atoms with Crippen molar-refractivity contribution in [3.8, 4) is 16.9 Å². The number of anilines is 1. The lowest BCUT2D eigenvalue weighted by molar-refractivity contribution is -0.116. The Labute approximate surface area is 171 Å². The van der Waals surface area contributed by atoms with Crippen LogP contribution in [-0.4, -0.2) is 22.6 Å². The van der Waals surface area contributed by atoms with Crippen LogP contribution in [0.25, 0.3) is 21.3 Å². The van der Waals surface area contributed by atoms with E-state index in [0.29, 0.717) is 15.9 Å². The Balaban J connectivity index is 1.58. The molecule has 0 aliphatic heterocycles. The highest BCUT2D eigenvalue weighted by Gasteiger charge is 2.14. The van der Waals surface area contributed by atoms with Crippen molar-refractivity contribution in [2.45, 2.75) is 13.5 Å². The van der Waals surface area contributed by atoms with Gasteiger partial charge in [-0.15, -0.1) is 11.3 Å². The van der Waals surface area contributed by atoms with Crippen LogP contribution in [0, 0.1) is 6.92 Å². The van der Waals surface area contributed by atoms with Crippen molar-refractivity contribution in [3.05, 3.63) is 76.2 Å². The SMILES string of the molecule is COc1ccc(-c2csc3c(=O)n(CC(=O)Nc4ccc(C)cc4)cnc23)cc1. The summed E-state index contributed by atoms with van der Waals surface area (Å²) in [7, 11) is 1.62. The second kappa shape index (κ2) is 7.89. The number of aryl methyl sites for hydroxylation is 1. The van der Waals surface area contributed by atoms with E-state index in [2.05, 4.69) is 10.3 Å². The molecule has 2 heterocycles. The average molecular weight is 405 g/mol. The second-order valence-electron chi connectivity index (χ2n) is 6.65. The van der Waals surface area contributed by atoms with E-state index in [9.17, 15) is 9.59 Å². The number of carbonyl (C=O) groups excluding carboxylic acids is 1. The molecule has 1 amide bonds. The summed E-state index contributed by atoms with van der Waals surface area (Å²) >= 11 is 1.33. The topological polar surface area (TPSA) is 73.2 Å². The molecule has 146 valence electrons. The summed E-state index contributed by atoms with van der Waals surface area (Å²) in [5.41, 5.74) is 4.07. The number of carbonyl (C=O) groups is 1. The number of amides is 1. The Morgan fingerprint density at radius 2 is 1.86 bits per heavy atom. The fraction of sp³-hybridized carbons (Fsp3) is 0.136. The minimum absolute atomic E-state index is 0.0918. The Morgan fingerprint density at radius 1 is 1.14 bits per heavy atom. The van der Waals surface area contributed by atoms with Gasteiger partial charge in [-0.2, -0.15) is 0 Å². The van der Waals surface area contributed by atoms with Gasteiger partial charge in [0.15, 0.2) is 0 Å².